The van der Waals surface area contributed by atoms with Gasteiger partial charge in [-0.05, 0) is 70.1 Å². The van der Waals surface area contributed by atoms with E-state index in [4.69, 9.17) is 21.3 Å². The van der Waals surface area contributed by atoms with Gasteiger partial charge in [-0.3, -0.25) is 9.93 Å². The number of amides is 1. The molecular weight excluding hydrogens is 508 g/mol. The van der Waals surface area contributed by atoms with Gasteiger partial charge in [0, 0.05) is 22.9 Å². The quantitative estimate of drug-likeness (QED) is 0.174. The maximum absolute atomic E-state index is 9.97. The van der Waals surface area contributed by atoms with Crippen molar-refractivity contribution in [1.29, 1.82) is 0 Å². The lowest BCUT2D eigenvalue weighted by Gasteiger charge is -2.16. The maximum Gasteiger partial charge on any atom is 0.222 e. The molecule has 2 heterocycles. The lowest BCUT2D eigenvalue weighted by Crippen LogP contribution is -2.09. The third kappa shape index (κ3) is 5.19. The Hall–Kier alpha value is -4.34. The van der Waals surface area contributed by atoms with E-state index < -0.39 is 0 Å². The van der Waals surface area contributed by atoms with E-state index in [0.29, 0.717) is 30.9 Å². The lowest BCUT2D eigenvalue weighted by atomic mass is 9.88. The van der Waals surface area contributed by atoms with Gasteiger partial charge in [0.2, 0.25) is 12.4 Å². The molecule has 39 heavy (non-hydrogen) atoms. The second-order valence-electron chi connectivity index (χ2n) is 9.48. The van der Waals surface area contributed by atoms with E-state index in [9.17, 15) is 4.79 Å². The first-order chi connectivity index (χ1) is 18.9. The minimum absolute atomic E-state index is 0.172. The molecule has 0 bridgehead atoms. The molecule has 198 valence electrons. The summed E-state index contributed by atoms with van der Waals surface area (Å²) >= 11 is 1.21. The SMILES string of the molecule is Cc1ccc(-c2cc3nc(N)nc(N)c3c3c2C(C)CO3)c2ccccc12.NSc1ccc(CNC=O)cc1. The van der Waals surface area contributed by atoms with Gasteiger partial charge in [-0.15, -0.1) is 0 Å². The molecule has 1 atom stereocenters. The molecule has 4 aromatic carbocycles. The van der Waals surface area contributed by atoms with Crippen LogP contribution in [0.25, 0.3) is 32.8 Å². The van der Waals surface area contributed by atoms with Crippen LogP contribution in [0.15, 0.2) is 71.6 Å². The van der Waals surface area contributed by atoms with Crippen molar-refractivity contribution in [2.24, 2.45) is 5.14 Å². The number of aromatic nitrogens is 2. The van der Waals surface area contributed by atoms with Gasteiger partial charge in [0.05, 0.1) is 17.5 Å². The van der Waals surface area contributed by atoms with Crippen molar-refractivity contribution in [2.75, 3.05) is 18.1 Å². The van der Waals surface area contributed by atoms with E-state index in [1.807, 2.05) is 24.3 Å². The number of nitrogens with zero attached hydrogens (tertiary/aromatic N) is 2. The Morgan fingerprint density at radius 2 is 1.77 bits per heavy atom. The van der Waals surface area contributed by atoms with Gasteiger partial charge in [-0.25, -0.2) is 4.98 Å². The van der Waals surface area contributed by atoms with Gasteiger partial charge in [0.15, 0.2) is 0 Å². The minimum Gasteiger partial charge on any atom is -0.492 e. The summed E-state index contributed by atoms with van der Waals surface area (Å²) in [4.78, 5) is 19.5. The van der Waals surface area contributed by atoms with Gasteiger partial charge in [0.1, 0.15) is 11.6 Å². The van der Waals surface area contributed by atoms with Crippen molar-refractivity contribution in [3.05, 3.63) is 83.4 Å². The normalized spacial score (nSPS) is 13.9. The van der Waals surface area contributed by atoms with Gasteiger partial charge in [-0.2, -0.15) is 4.98 Å². The van der Waals surface area contributed by atoms with Crippen LogP contribution in [0.3, 0.4) is 0 Å². The summed E-state index contributed by atoms with van der Waals surface area (Å²) in [5, 5.41) is 11.1. The van der Waals surface area contributed by atoms with E-state index >= 15 is 0 Å². The van der Waals surface area contributed by atoms with E-state index in [1.165, 1.54) is 33.8 Å². The third-order valence-corrected chi connectivity index (χ3v) is 7.42. The average Bonchev–Trinajstić information content (AvgIpc) is 3.33. The molecule has 0 radical (unpaired) electrons. The highest BCUT2D eigenvalue weighted by molar-refractivity contribution is 7.97. The van der Waals surface area contributed by atoms with Gasteiger partial charge < -0.3 is 21.5 Å². The molecule has 0 fully saturated rings. The Balaban J connectivity index is 0.000000217. The van der Waals surface area contributed by atoms with Crippen LogP contribution in [-0.2, 0) is 11.3 Å². The molecule has 0 aliphatic carbocycles. The van der Waals surface area contributed by atoms with Gasteiger partial charge in [0.25, 0.3) is 0 Å². The van der Waals surface area contributed by atoms with Crippen molar-refractivity contribution in [3.8, 4) is 16.9 Å². The molecule has 1 unspecified atom stereocenters. The second kappa shape index (κ2) is 11.2. The van der Waals surface area contributed by atoms with Crippen molar-refractivity contribution in [3.63, 3.8) is 0 Å². The summed E-state index contributed by atoms with van der Waals surface area (Å²) in [6.45, 7) is 5.50. The number of nitrogens with one attached hydrogen (secondary N) is 1. The van der Waals surface area contributed by atoms with Crippen LogP contribution >= 0.6 is 11.9 Å². The Morgan fingerprint density at radius 3 is 2.49 bits per heavy atom. The summed E-state index contributed by atoms with van der Waals surface area (Å²) in [5.74, 6) is 1.59. The molecule has 8 nitrogen and oxygen atoms in total. The number of rotatable bonds is 5. The van der Waals surface area contributed by atoms with Crippen LogP contribution in [0.2, 0.25) is 0 Å². The number of ether oxygens (including phenoxy) is 1. The highest BCUT2D eigenvalue weighted by Crippen LogP contribution is 2.48. The molecule has 0 saturated carbocycles. The number of hydrogen-bond donors (Lipinski definition) is 4. The highest BCUT2D eigenvalue weighted by atomic mass is 32.2. The molecule has 1 aliphatic rings. The van der Waals surface area contributed by atoms with Crippen LogP contribution in [0, 0.1) is 6.92 Å². The summed E-state index contributed by atoms with van der Waals surface area (Å²) < 4.78 is 6.04. The minimum atomic E-state index is 0.172. The van der Waals surface area contributed by atoms with Crippen molar-refractivity contribution in [1.82, 2.24) is 15.3 Å². The smallest absolute Gasteiger partial charge is 0.222 e. The molecule has 7 N–H and O–H groups in total. The molecule has 1 aromatic heterocycles. The number of nitrogen functional groups attached to an aromatic ring is 2. The Kier molecular flexibility index (Phi) is 7.53. The second-order valence-corrected chi connectivity index (χ2v) is 10.2. The summed E-state index contributed by atoms with van der Waals surface area (Å²) in [6, 6.07) is 22.6. The first kappa shape index (κ1) is 26.3. The molecule has 1 amide bonds. The third-order valence-electron chi connectivity index (χ3n) is 6.88. The maximum atomic E-state index is 9.97. The zero-order valence-corrected chi connectivity index (χ0v) is 22.6. The van der Waals surface area contributed by atoms with E-state index in [0.717, 1.165) is 32.7 Å². The topological polar surface area (TPSA) is 142 Å². The predicted molar refractivity (Wildman–Crippen MR) is 159 cm³/mol. The summed E-state index contributed by atoms with van der Waals surface area (Å²) in [5.41, 5.74) is 18.5. The van der Waals surface area contributed by atoms with E-state index in [2.05, 4.69) is 71.6 Å². The van der Waals surface area contributed by atoms with Gasteiger partial charge >= 0.3 is 0 Å². The number of hydrogen-bond acceptors (Lipinski definition) is 8. The Morgan fingerprint density at radius 1 is 1.03 bits per heavy atom. The number of benzene rings is 4. The predicted octanol–water partition coefficient (Wildman–Crippen LogP) is 5.32. The molecule has 6 rings (SSSR count). The molecule has 0 spiro atoms. The zero-order chi connectivity index (χ0) is 27.5. The molecule has 5 aromatic rings. The van der Waals surface area contributed by atoms with E-state index in [-0.39, 0.29) is 11.9 Å². The van der Waals surface area contributed by atoms with Gasteiger partial charge in [-0.1, -0.05) is 55.5 Å². The summed E-state index contributed by atoms with van der Waals surface area (Å²) in [6.07, 6.45) is 0.686. The number of carbonyl (C=O) groups excluding carboxylic acids is 1. The van der Waals surface area contributed by atoms with Crippen molar-refractivity contribution < 1.29 is 9.53 Å². The van der Waals surface area contributed by atoms with Crippen LogP contribution in [-0.4, -0.2) is 23.0 Å². The lowest BCUT2D eigenvalue weighted by molar-refractivity contribution is -0.109. The largest absolute Gasteiger partial charge is 0.492 e. The number of nitrogens with two attached hydrogens (primary N) is 3. The first-order valence-corrected chi connectivity index (χ1v) is 13.4. The Labute approximate surface area is 231 Å². The number of aryl methyl sites for hydroxylation is 1. The van der Waals surface area contributed by atoms with Crippen LogP contribution in [0.1, 0.15) is 29.5 Å². The molecule has 0 saturated heterocycles. The highest BCUT2D eigenvalue weighted by Gasteiger charge is 2.29. The van der Waals surface area contributed by atoms with Crippen LogP contribution in [0.4, 0.5) is 11.8 Å². The monoisotopic (exact) mass is 538 g/mol. The number of carbonyl (C=O) groups is 1. The molecular formula is C30H30N6O2S. The fourth-order valence-electron chi connectivity index (χ4n) is 5.01. The van der Waals surface area contributed by atoms with E-state index in [1.54, 1.807) is 0 Å². The van der Waals surface area contributed by atoms with Crippen molar-refractivity contribution in [2.45, 2.75) is 31.2 Å². The number of anilines is 2. The average molecular weight is 539 g/mol. The standard InChI is InChI=1S/C22H20N4O.C8H10N2OS/c1-11-7-8-15(14-6-4-3-5-13(11)14)16-9-17-19(21(23)26-22(24)25-17)20-18(16)12(2)10-27-20;9-12-8-3-1-7(2-4-8)5-10-6-11/h3-9,12H,10H2,1-2H3,(H4,23,24,25,26);1-4,6H,5,9H2,(H,10,11). The van der Waals surface area contributed by atoms with Crippen molar-refractivity contribution >= 4 is 51.8 Å². The number of fused-ring (bicyclic) bond motifs is 4. The zero-order valence-electron chi connectivity index (χ0n) is 21.8. The first-order valence-electron chi connectivity index (χ1n) is 12.5. The molecule has 9 heteroatoms. The summed E-state index contributed by atoms with van der Waals surface area (Å²) in [7, 11) is 0. The van der Waals surface area contributed by atoms with Crippen LogP contribution in [0.5, 0.6) is 5.75 Å². The fraction of sp³-hybridized carbons (Fsp3) is 0.167. The fourth-order valence-corrected chi connectivity index (χ4v) is 5.30. The molecule has 1 aliphatic heterocycles. The van der Waals surface area contributed by atoms with Crippen LogP contribution < -0.4 is 26.7 Å². The Bertz CT molecular complexity index is 1670.